The molecule has 0 spiro atoms. The first-order valence-corrected chi connectivity index (χ1v) is 9.85. The number of hydrogen-bond acceptors (Lipinski definition) is 2. The van der Waals surface area contributed by atoms with Crippen LogP contribution >= 0.6 is 7.60 Å². The van der Waals surface area contributed by atoms with Gasteiger partial charge in [0.15, 0.2) is 0 Å². The lowest BCUT2D eigenvalue weighted by molar-refractivity contribution is 0.252. The molecule has 0 saturated heterocycles. The van der Waals surface area contributed by atoms with E-state index in [0.717, 1.165) is 25.7 Å². The predicted octanol–water partition coefficient (Wildman–Crippen LogP) is 5.52. The lowest BCUT2D eigenvalue weighted by atomic mass is 10.1. The summed E-state index contributed by atoms with van der Waals surface area (Å²) in [5, 5.41) is 0. The molecular weight excluding hydrogens is 259 g/mol. The fourth-order valence-corrected chi connectivity index (χ4v) is 3.24. The van der Waals surface area contributed by atoms with E-state index < -0.39 is 7.60 Å². The molecule has 3 nitrogen and oxygen atoms in total. The lowest BCUT2D eigenvalue weighted by Crippen LogP contribution is -1.97. The molecule has 4 heteroatoms. The van der Waals surface area contributed by atoms with Crippen molar-refractivity contribution in [3.05, 3.63) is 0 Å². The summed E-state index contributed by atoms with van der Waals surface area (Å²) in [4.78, 5) is 9.65. The summed E-state index contributed by atoms with van der Waals surface area (Å²) in [5.74, 6) is 0. The summed E-state index contributed by atoms with van der Waals surface area (Å²) < 4.78 is 16.8. The van der Waals surface area contributed by atoms with E-state index in [1.54, 1.807) is 0 Å². The Hall–Kier alpha value is 0.150. The molecule has 0 aliphatic carbocycles. The Morgan fingerprint density at radius 2 is 1.26 bits per heavy atom. The highest BCUT2D eigenvalue weighted by Gasteiger charge is 2.17. The number of unbranched alkanes of at least 4 members (excludes halogenated alkanes) is 9. The third-order valence-corrected chi connectivity index (χ3v) is 4.80. The van der Waals surface area contributed by atoms with Gasteiger partial charge in [-0.2, -0.15) is 0 Å². The third kappa shape index (κ3) is 14.4. The smallest absolute Gasteiger partial charge is 0.324 e. The minimum Gasteiger partial charge on any atom is -0.324 e. The number of rotatable bonds is 14. The van der Waals surface area contributed by atoms with Crippen molar-refractivity contribution in [2.45, 2.75) is 84.5 Å². The Labute approximate surface area is 119 Å². The quantitative estimate of drug-likeness (QED) is 0.339. The minimum atomic E-state index is -3.30. The first-order valence-electron chi connectivity index (χ1n) is 8.08. The second kappa shape index (κ2) is 13.1. The first-order chi connectivity index (χ1) is 9.12. The van der Waals surface area contributed by atoms with Gasteiger partial charge < -0.3 is 9.42 Å². The molecule has 0 aliphatic heterocycles. The van der Waals surface area contributed by atoms with Gasteiger partial charge in [0, 0.05) is 6.16 Å². The van der Waals surface area contributed by atoms with Crippen molar-refractivity contribution in [1.82, 2.24) is 0 Å². The van der Waals surface area contributed by atoms with Gasteiger partial charge in [0.05, 0.1) is 6.61 Å². The van der Waals surface area contributed by atoms with Crippen LogP contribution in [0.25, 0.3) is 0 Å². The van der Waals surface area contributed by atoms with Crippen LogP contribution in [0, 0.1) is 0 Å². The van der Waals surface area contributed by atoms with E-state index in [-0.39, 0.29) is 0 Å². The molecule has 19 heavy (non-hydrogen) atoms. The molecule has 0 aromatic carbocycles. The van der Waals surface area contributed by atoms with Crippen LogP contribution < -0.4 is 0 Å². The summed E-state index contributed by atoms with van der Waals surface area (Å²) in [5.41, 5.74) is 0. The zero-order chi connectivity index (χ0) is 14.4. The lowest BCUT2D eigenvalue weighted by Gasteiger charge is -2.11. The molecule has 0 aromatic rings. The van der Waals surface area contributed by atoms with Gasteiger partial charge in [-0.25, -0.2) is 0 Å². The van der Waals surface area contributed by atoms with Crippen LogP contribution in [0.4, 0.5) is 0 Å². The van der Waals surface area contributed by atoms with Crippen molar-refractivity contribution in [3.8, 4) is 0 Å². The fraction of sp³-hybridized carbons (Fsp3) is 1.00. The Morgan fingerprint density at radius 3 is 1.84 bits per heavy atom. The molecule has 0 aliphatic rings. The summed E-state index contributed by atoms with van der Waals surface area (Å²) in [6.07, 6.45) is 12.8. The van der Waals surface area contributed by atoms with Crippen LogP contribution in [0.5, 0.6) is 0 Å². The van der Waals surface area contributed by atoms with E-state index in [2.05, 4.69) is 13.8 Å². The molecule has 0 aromatic heterocycles. The Bertz CT molecular complexity index is 231. The second-order valence-electron chi connectivity index (χ2n) is 5.38. The van der Waals surface area contributed by atoms with Gasteiger partial charge in [-0.3, -0.25) is 4.57 Å². The Balaban J connectivity index is 3.38. The summed E-state index contributed by atoms with van der Waals surface area (Å²) in [7, 11) is -3.30. The van der Waals surface area contributed by atoms with Crippen molar-refractivity contribution in [2.75, 3.05) is 12.8 Å². The van der Waals surface area contributed by atoms with Gasteiger partial charge in [0.25, 0.3) is 0 Å². The average molecular weight is 292 g/mol. The van der Waals surface area contributed by atoms with Crippen LogP contribution in [-0.4, -0.2) is 17.7 Å². The molecule has 1 unspecified atom stereocenters. The highest BCUT2D eigenvalue weighted by molar-refractivity contribution is 7.52. The minimum absolute atomic E-state index is 0.328. The Morgan fingerprint density at radius 1 is 0.789 bits per heavy atom. The van der Waals surface area contributed by atoms with Crippen LogP contribution in [0.1, 0.15) is 84.5 Å². The maximum atomic E-state index is 11.7. The van der Waals surface area contributed by atoms with E-state index in [4.69, 9.17) is 4.52 Å². The van der Waals surface area contributed by atoms with Crippen LogP contribution in [0.2, 0.25) is 0 Å². The molecule has 116 valence electrons. The van der Waals surface area contributed by atoms with E-state index in [0.29, 0.717) is 12.8 Å². The van der Waals surface area contributed by atoms with Crippen molar-refractivity contribution < 1.29 is 14.0 Å². The maximum Gasteiger partial charge on any atom is 0.328 e. The number of hydrogen-bond donors (Lipinski definition) is 1. The van der Waals surface area contributed by atoms with Gasteiger partial charge in [-0.1, -0.05) is 71.6 Å². The van der Waals surface area contributed by atoms with E-state index in [1.807, 2.05) is 0 Å². The van der Waals surface area contributed by atoms with Gasteiger partial charge in [-0.05, 0) is 12.8 Å². The van der Waals surface area contributed by atoms with Crippen molar-refractivity contribution in [2.24, 2.45) is 0 Å². The van der Waals surface area contributed by atoms with Crippen LogP contribution in [0.3, 0.4) is 0 Å². The largest absolute Gasteiger partial charge is 0.328 e. The van der Waals surface area contributed by atoms with Crippen molar-refractivity contribution in [1.29, 1.82) is 0 Å². The molecule has 1 atom stereocenters. The van der Waals surface area contributed by atoms with Gasteiger partial charge in [0.2, 0.25) is 0 Å². The summed E-state index contributed by atoms with van der Waals surface area (Å²) >= 11 is 0. The van der Waals surface area contributed by atoms with Crippen molar-refractivity contribution in [3.63, 3.8) is 0 Å². The van der Waals surface area contributed by atoms with Crippen LogP contribution in [-0.2, 0) is 9.09 Å². The molecule has 0 amide bonds. The highest BCUT2D eigenvalue weighted by atomic mass is 31.2. The second-order valence-corrected chi connectivity index (χ2v) is 7.36. The topological polar surface area (TPSA) is 46.5 Å². The molecule has 0 saturated carbocycles. The molecule has 1 N–H and O–H groups in total. The monoisotopic (exact) mass is 292 g/mol. The zero-order valence-electron chi connectivity index (χ0n) is 12.9. The van der Waals surface area contributed by atoms with Gasteiger partial charge in [0.1, 0.15) is 0 Å². The standard InChI is InChI=1S/C15H33O3P/c1-3-5-7-9-10-11-13-15-19(16,17)18-14-12-8-6-4-2/h3-15H2,1-2H3,(H,16,17). The fourth-order valence-electron chi connectivity index (χ4n) is 2.07. The molecule has 0 rings (SSSR count). The molecule has 0 bridgehead atoms. The summed E-state index contributed by atoms with van der Waals surface area (Å²) in [6.45, 7) is 4.79. The van der Waals surface area contributed by atoms with Gasteiger partial charge >= 0.3 is 7.60 Å². The zero-order valence-corrected chi connectivity index (χ0v) is 13.8. The third-order valence-electron chi connectivity index (χ3n) is 3.34. The normalized spacial score (nSPS) is 14.5. The SMILES string of the molecule is CCCCCCCCCP(=O)(O)OCCCCCC. The molecule has 0 heterocycles. The maximum absolute atomic E-state index is 11.7. The van der Waals surface area contributed by atoms with Gasteiger partial charge in [-0.15, -0.1) is 0 Å². The van der Waals surface area contributed by atoms with Crippen molar-refractivity contribution >= 4 is 7.60 Å². The molecule has 0 radical (unpaired) electrons. The van der Waals surface area contributed by atoms with Crippen LogP contribution in [0.15, 0.2) is 0 Å². The Kier molecular flexibility index (Phi) is 13.3. The first kappa shape index (κ1) is 19.1. The summed E-state index contributed by atoms with van der Waals surface area (Å²) in [6, 6.07) is 0. The van der Waals surface area contributed by atoms with E-state index in [1.165, 1.54) is 44.9 Å². The average Bonchev–Trinajstić information content (AvgIpc) is 2.37. The molecular formula is C15H33O3P. The highest BCUT2D eigenvalue weighted by Crippen LogP contribution is 2.43. The molecule has 0 fully saturated rings. The predicted molar refractivity (Wildman–Crippen MR) is 82.8 cm³/mol. The van der Waals surface area contributed by atoms with E-state index >= 15 is 0 Å². The van der Waals surface area contributed by atoms with E-state index in [9.17, 15) is 9.46 Å².